The largest absolute Gasteiger partial charge is 0.496 e. The normalized spacial score (nSPS) is 10.6. The van der Waals surface area contributed by atoms with Crippen LogP contribution in [0.2, 0.25) is 0 Å². The Balaban J connectivity index is 1.63. The number of carbonyl (C=O) groups excluding carboxylic acids is 1. The van der Waals surface area contributed by atoms with Crippen LogP contribution in [0.4, 0.5) is 0 Å². The molecule has 6 heteroatoms. The van der Waals surface area contributed by atoms with E-state index >= 15 is 0 Å². The van der Waals surface area contributed by atoms with Crippen LogP contribution in [0.15, 0.2) is 82.2 Å². The van der Waals surface area contributed by atoms with Gasteiger partial charge in [-0.2, -0.15) is 0 Å². The van der Waals surface area contributed by atoms with E-state index in [4.69, 9.17) is 18.6 Å². The van der Waals surface area contributed by atoms with Gasteiger partial charge < -0.3 is 18.6 Å². The summed E-state index contributed by atoms with van der Waals surface area (Å²) in [4.78, 5) is 25.6. The first-order valence-corrected chi connectivity index (χ1v) is 9.62. The van der Waals surface area contributed by atoms with Gasteiger partial charge >= 0.3 is 5.97 Å². The Morgan fingerprint density at radius 1 is 0.903 bits per heavy atom. The fourth-order valence-electron chi connectivity index (χ4n) is 3.36. The van der Waals surface area contributed by atoms with Crippen molar-refractivity contribution in [2.75, 3.05) is 14.2 Å². The lowest BCUT2D eigenvalue weighted by Gasteiger charge is -2.12. The van der Waals surface area contributed by atoms with Gasteiger partial charge in [0.15, 0.2) is 5.43 Å². The van der Waals surface area contributed by atoms with Gasteiger partial charge in [-0.3, -0.25) is 4.79 Å². The quantitative estimate of drug-likeness (QED) is 0.337. The van der Waals surface area contributed by atoms with Crippen molar-refractivity contribution in [3.8, 4) is 17.2 Å². The lowest BCUT2D eigenvalue weighted by Crippen LogP contribution is -2.12. The molecule has 0 aliphatic carbocycles. The van der Waals surface area contributed by atoms with Gasteiger partial charge in [0, 0.05) is 18.1 Å². The number of ether oxygens (including phenoxy) is 3. The SMILES string of the molecule is COc1cccc(OC)c1C(=O)Oc1ccc2c(=O)c(Cc3ccccc3)coc2c1. The van der Waals surface area contributed by atoms with E-state index in [1.807, 2.05) is 30.3 Å². The van der Waals surface area contributed by atoms with Crippen molar-refractivity contribution in [2.45, 2.75) is 6.42 Å². The topological polar surface area (TPSA) is 75.0 Å². The van der Waals surface area contributed by atoms with Crippen LogP contribution >= 0.6 is 0 Å². The summed E-state index contributed by atoms with van der Waals surface area (Å²) in [5.41, 5.74) is 1.97. The van der Waals surface area contributed by atoms with Gasteiger partial charge in [0.1, 0.15) is 28.4 Å². The molecule has 0 radical (unpaired) electrons. The number of methoxy groups -OCH3 is 2. The highest BCUT2D eigenvalue weighted by Crippen LogP contribution is 2.30. The lowest BCUT2D eigenvalue weighted by molar-refractivity contribution is 0.0727. The summed E-state index contributed by atoms with van der Waals surface area (Å²) in [6.07, 6.45) is 1.93. The highest BCUT2D eigenvalue weighted by molar-refractivity contribution is 5.97. The van der Waals surface area contributed by atoms with Gasteiger partial charge in [-0.05, 0) is 29.8 Å². The summed E-state index contributed by atoms with van der Waals surface area (Å²) in [6.45, 7) is 0. The average molecular weight is 416 g/mol. The molecule has 0 spiro atoms. The Morgan fingerprint density at radius 2 is 1.61 bits per heavy atom. The molecule has 6 nitrogen and oxygen atoms in total. The van der Waals surface area contributed by atoms with E-state index in [-0.39, 0.29) is 16.7 Å². The molecule has 0 saturated carbocycles. The van der Waals surface area contributed by atoms with Crippen molar-refractivity contribution in [2.24, 2.45) is 0 Å². The van der Waals surface area contributed by atoms with Gasteiger partial charge in [-0.15, -0.1) is 0 Å². The Labute approximate surface area is 178 Å². The Kier molecular flexibility index (Phi) is 5.71. The van der Waals surface area contributed by atoms with Crippen molar-refractivity contribution in [3.05, 3.63) is 99.9 Å². The molecular weight excluding hydrogens is 396 g/mol. The third kappa shape index (κ3) is 4.14. The smallest absolute Gasteiger partial charge is 0.351 e. The van der Waals surface area contributed by atoms with Crippen molar-refractivity contribution in [1.29, 1.82) is 0 Å². The number of fused-ring (bicyclic) bond motifs is 1. The predicted molar refractivity (Wildman–Crippen MR) is 116 cm³/mol. The maximum absolute atomic E-state index is 12.9. The minimum atomic E-state index is -0.642. The minimum Gasteiger partial charge on any atom is -0.496 e. The molecule has 0 aliphatic heterocycles. The molecular formula is C25H20O6. The van der Waals surface area contributed by atoms with E-state index < -0.39 is 5.97 Å². The van der Waals surface area contributed by atoms with E-state index in [0.717, 1.165) is 5.56 Å². The molecule has 4 aromatic rings. The van der Waals surface area contributed by atoms with E-state index in [1.54, 1.807) is 30.3 Å². The van der Waals surface area contributed by atoms with Gasteiger partial charge in [0.2, 0.25) is 0 Å². The predicted octanol–water partition coefficient (Wildman–Crippen LogP) is 4.62. The summed E-state index contributed by atoms with van der Waals surface area (Å²) in [6, 6.07) is 19.4. The molecule has 0 N–H and O–H groups in total. The van der Waals surface area contributed by atoms with E-state index in [0.29, 0.717) is 34.5 Å². The van der Waals surface area contributed by atoms with Gasteiger partial charge in [-0.1, -0.05) is 36.4 Å². The van der Waals surface area contributed by atoms with Crippen LogP contribution in [-0.2, 0) is 6.42 Å². The zero-order chi connectivity index (χ0) is 21.8. The Morgan fingerprint density at radius 3 is 2.29 bits per heavy atom. The minimum absolute atomic E-state index is 0.116. The average Bonchev–Trinajstić information content (AvgIpc) is 2.81. The second-order valence-electron chi connectivity index (χ2n) is 6.84. The molecule has 31 heavy (non-hydrogen) atoms. The number of esters is 1. The monoisotopic (exact) mass is 416 g/mol. The number of hydrogen-bond donors (Lipinski definition) is 0. The molecule has 3 aromatic carbocycles. The zero-order valence-electron chi connectivity index (χ0n) is 17.1. The fraction of sp³-hybridized carbons (Fsp3) is 0.120. The van der Waals surface area contributed by atoms with Crippen LogP contribution in [-0.4, -0.2) is 20.2 Å². The molecule has 0 atom stereocenters. The maximum Gasteiger partial charge on any atom is 0.351 e. The van der Waals surface area contributed by atoms with Gasteiger partial charge in [0.25, 0.3) is 0 Å². The third-order valence-corrected chi connectivity index (χ3v) is 4.90. The van der Waals surface area contributed by atoms with Crippen molar-refractivity contribution >= 4 is 16.9 Å². The summed E-state index contributed by atoms with van der Waals surface area (Å²) in [5, 5.41) is 0.420. The van der Waals surface area contributed by atoms with Crippen LogP contribution in [0.5, 0.6) is 17.2 Å². The highest BCUT2D eigenvalue weighted by Gasteiger charge is 2.21. The summed E-state index contributed by atoms with van der Waals surface area (Å²) in [5.74, 6) is 0.269. The Hall–Kier alpha value is -4.06. The van der Waals surface area contributed by atoms with E-state index in [9.17, 15) is 9.59 Å². The summed E-state index contributed by atoms with van der Waals surface area (Å²) < 4.78 is 21.7. The van der Waals surface area contributed by atoms with Crippen LogP contribution in [0.3, 0.4) is 0 Å². The van der Waals surface area contributed by atoms with Crippen molar-refractivity contribution in [3.63, 3.8) is 0 Å². The molecule has 0 fully saturated rings. The van der Waals surface area contributed by atoms with Crippen LogP contribution in [0, 0.1) is 0 Å². The number of hydrogen-bond acceptors (Lipinski definition) is 6. The molecule has 0 unspecified atom stereocenters. The van der Waals surface area contributed by atoms with E-state index in [1.165, 1.54) is 26.5 Å². The number of benzene rings is 3. The summed E-state index contributed by atoms with van der Waals surface area (Å²) >= 11 is 0. The third-order valence-electron chi connectivity index (χ3n) is 4.90. The number of carbonyl (C=O) groups is 1. The van der Waals surface area contributed by atoms with Crippen LogP contribution in [0.1, 0.15) is 21.5 Å². The summed E-state index contributed by atoms with van der Waals surface area (Å²) in [7, 11) is 2.92. The molecule has 4 rings (SSSR count). The second kappa shape index (κ2) is 8.75. The molecule has 0 bridgehead atoms. The second-order valence-corrected chi connectivity index (χ2v) is 6.84. The molecule has 0 aliphatic rings. The van der Waals surface area contributed by atoms with Gasteiger partial charge in [-0.25, -0.2) is 4.79 Å². The molecule has 156 valence electrons. The zero-order valence-corrected chi connectivity index (χ0v) is 17.1. The molecule has 0 amide bonds. The van der Waals surface area contributed by atoms with Crippen LogP contribution in [0.25, 0.3) is 11.0 Å². The molecule has 1 aromatic heterocycles. The highest BCUT2D eigenvalue weighted by atomic mass is 16.5. The van der Waals surface area contributed by atoms with Crippen molar-refractivity contribution in [1.82, 2.24) is 0 Å². The lowest BCUT2D eigenvalue weighted by atomic mass is 10.1. The first-order valence-electron chi connectivity index (χ1n) is 9.62. The first kappa shape index (κ1) is 20.2. The first-order chi connectivity index (χ1) is 15.1. The van der Waals surface area contributed by atoms with Crippen LogP contribution < -0.4 is 19.6 Å². The molecule has 0 saturated heterocycles. The molecule has 1 heterocycles. The maximum atomic E-state index is 12.9. The number of rotatable bonds is 6. The van der Waals surface area contributed by atoms with Crippen molar-refractivity contribution < 1.29 is 23.4 Å². The fourth-order valence-corrected chi connectivity index (χ4v) is 3.36. The standard InChI is InChI=1S/C25H20O6/c1-28-20-9-6-10-21(29-2)23(20)25(27)31-18-11-12-19-22(14-18)30-15-17(24(19)26)13-16-7-4-3-5-8-16/h3-12,14-15H,13H2,1-2H3. The van der Waals surface area contributed by atoms with Gasteiger partial charge in [0.05, 0.1) is 25.9 Å². The van der Waals surface area contributed by atoms with E-state index in [2.05, 4.69) is 0 Å². The Bertz CT molecular complexity index is 1270.